The summed E-state index contributed by atoms with van der Waals surface area (Å²) in [4.78, 5) is 7.98. The number of nitrogens with zero attached hydrogens (tertiary/aromatic N) is 4. The Hall–Kier alpha value is -2.18. The standard InChI is InChI=1S/C11H8ClN5.C4H8O/c12-8-6-14-11(13)16-10(8)7-5-15-17-4-2-1-3-9(7)17;5-4-2-1-3-4/h1-6H,(H2,13,14,16);4-5H,1-3H2. The van der Waals surface area contributed by atoms with Crippen LogP contribution in [0.2, 0.25) is 5.02 Å². The minimum absolute atomic E-state index is 0.0648. The Balaban J connectivity index is 0.000000246. The van der Waals surface area contributed by atoms with Gasteiger partial charge in [0.25, 0.3) is 0 Å². The number of hydrogen-bond donors (Lipinski definition) is 2. The normalized spacial score (nSPS) is 14.3. The van der Waals surface area contributed by atoms with Gasteiger partial charge in [0.15, 0.2) is 0 Å². The molecule has 114 valence electrons. The van der Waals surface area contributed by atoms with Gasteiger partial charge in [0.1, 0.15) is 0 Å². The molecule has 0 aliphatic heterocycles. The molecule has 0 bridgehead atoms. The number of anilines is 1. The molecular weight excluding hydrogens is 302 g/mol. The maximum Gasteiger partial charge on any atom is 0.220 e. The number of rotatable bonds is 1. The topological polar surface area (TPSA) is 89.3 Å². The van der Waals surface area contributed by atoms with Gasteiger partial charge in [-0.05, 0) is 31.4 Å². The number of hydrogen-bond acceptors (Lipinski definition) is 5. The van der Waals surface area contributed by atoms with Crippen LogP contribution in [0.3, 0.4) is 0 Å². The van der Waals surface area contributed by atoms with Gasteiger partial charge < -0.3 is 10.8 Å². The highest BCUT2D eigenvalue weighted by Crippen LogP contribution is 2.28. The highest BCUT2D eigenvalue weighted by Gasteiger charge is 2.12. The lowest BCUT2D eigenvalue weighted by Gasteiger charge is -2.17. The van der Waals surface area contributed by atoms with Gasteiger partial charge in [-0.3, -0.25) is 0 Å². The fraction of sp³-hybridized carbons (Fsp3) is 0.267. The Kier molecular flexibility index (Phi) is 4.22. The summed E-state index contributed by atoms with van der Waals surface area (Å²) < 4.78 is 1.75. The predicted octanol–water partition coefficient (Wildman–Crippen LogP) is 2.56. The van der Waals surface area contributed by atoms with E-state index in [1.807, 2.05) is 24.4 Å². The first-order valence-electron chi connectivity index (χ1n) is 7.04. The van der Waals surface area contributed by atoms with Crippen LogP contribution in [0.25, 0.3) is 16.8 Å². The average Bonchev–Trinajstić information content (AvgIpc) is 2.92. The predicted molar refractivity (Wildman–Crippen MR) is 85.5 cm³/mol. The van der Waals surface area contributed by atoms with Gasteiger partial charge >= 0.3 is 0 Å². The number of aliphatic hydroxyl groups excluding tert-OH is 1. The van der Waals surface area contributed by atoms with Crippen LogP contribution in [0.15, 0.2) is 36.8 Å². The molecule has 1 fully saturated rings. The van der Waals surface area contributed by atoms with E-state index < -0.39 is 0 Å². The molecule has 1 aliphatic rings. The Morgan fingerprint density at radius 3 is 2.73 bits per heavy atom. The molecule has 0 atom stereocenters. The first kappa shape index (κ1) is 14.7. The smallest absolute Gasteiger partial charge is 0.220 e. The fourth-order valence-corrected chi connectivity index (χ4v) is 2.27. The van der Waals surface area contributed by atoms with Crippen molar-refractivity contribution in [1.82, 2.24) is 19.6 Å². The van der Waals surface area contributed by atoms with E-state index in [-0.39, 0.29) is 12.1 Å². The maximum atomic E-state index is 8.45. The molecule has 4 rings (SSSR count). The highest BCUT2D eigenvalue weighted by atomic mass is 35.5. The molecule has 0 aromatic carbocycles. The molecule has 22 heavy (non-hydrogen) atoms. The van der Waals surface area contributed by atoms with Gasteiger partial charge in [-0.2, -0.15) is 5.10 Å². The molecule has 1 saturated carbocycles. The van der Waals surface area contributed by atoms with E-state index in [9.17, 15) is 0 Å². The zero-order valence-corrected chi connectivity index (χ0v) is 12.6. The third kappa shape index (κ3) is 3.03. The lowest BCUT2D eigenvalue weighted by atomic mass is 9.97. The highest BCUT2D eigenvalue weighted by molar-refractivity contribution is 6.33. The summed E-state index contributed by atoms with van der Waals surface area (Å²) >= 11 is 6.07. The molecule has 1 aliphatic carbocycles. The molecule has 3 heterocycles. The Morgan fingerprint density at radius 1 is 1.27 bits per heavy atom. The number of pyridine rings is 1. The molecule has 0 radical (unpaired) electrons. The molecule has 6 nitrogen and oxygen atoms in total. The van der Waals surface area contributed by atoms with Crippen LogP contribution in [0.1, 0.15) is 19.3 Å². The van der Waals surface area contributed by atoms with E-state index in [4.69, 9.17) is 22.4 Å². The van der Waals surface area contributed by atoms with Crippen LogP contribution < -0.4 is 5.73 Å². The minimum Gasteiger partial charge on any atom is -0.393 e. The molecular formula is C15H16ClN5O. The van der Waals surface area contributed by atoms with Crippen LogP contribution in [0.5, 0.6) is 0 Å². The molecule has 0 amide bonds. The first-order chi connectivity index (χ1) is 10.6. The van der Waals surface area contributed by atoms with E-state index in [1.165, 1.54) is 12.6 Å². The summed E-state index contributed by atoms with van der Waals surface area (Å²) in [5.74, 6) is 0.194. The number of fused-ring (bicyclic) bond motifs is 1. The summed E-state index contributed by atoms with van der Waals surface area (Å²) in [6, 6.07) is 5.77. The summed E-state index contributed by atoms with van der Waals surface area (Å²) in [5.41, 5.74) is 7.93. The lowest BCUT2D eigenvalue weighted by molar-refractivity contribution is 0.0950. The molecule has 3 aromatic rings. The molecule has 0 spiro atoms. The number of aromatic nitrogens is 4. The summed E-state index contributed by atoms with van der Waals surface area (Å²) in [6.07, 6.45) is 8.45. The molecule has 3 N–H and O–H groups in total. The van der Waals surface area contributed by atoms with Crippen LogP contribution >= 0.6 is 11.6 Å². The number of halogens is 1. The van der Waals surface area contributed by atoms with Crippen molar-refractivity contribution in [3.05, 3.63) is 41.8 Å². The SMILES string of the molecule is Nc1ncc(Cl)c(-c2cnn3ccccc23)n1.OC1CCC1. The van der Waals surface area contributed by atoms with Crippen molar-refractivity contribution in [2.45, 2.75) is 25.4 Å². The van der Waals surface area contributed by atoms with E-state index in [2.05, 4.69) is 15.1 Å². The van der Waals surface area contributed by atoms with E-state index in [0.717, 1.165) is 23.9 Å². The first-order valence-corrected chi connectivity index (χ1v) is 7.42. The second-order valence-corrected chi connectivity index (χ2v) is 5.51. The largest absolute Gasteiger partial charge is 0.393 e. The van der Waals surface area contributed by atoms with Crippen molar-refractivity contribution in [3.63, 3.8) is 0 Å². The maximum absolute atomic E-state index is 8.45. The molecule has 7 heteroatoms. The van der Waals surface area contributed by atoms with Crippen molar-refractivity contribution in [3.8, 4) is 11.3 Å². The average molecular weight is 318 g/mol. The second kappa shape index (κ2) is 6.29. The van der Waals surface area contributed by atoms with Crippen molar-refractivity contribution in [1.29, 1.82) is 0 Å². The zero-order valence-electron chi connectivity index (χ0n) is 11.9. The van der Waals surface area contributed by atoms with Crippen molar-refractivity contribution < 1.29 is 5.11 Å². The van der Waals surface area contributed by atoms with Crippen LogP contribution in [-0.4, -0.2) is 30.8 Å². The molecule has 0 saturated heterocycles. The Labute approximate surface area is 132 Å². The second-order valence-electron chi connectivity index (χ2n) is 5.10. The van der Waals surface area contributed by atoms with Gasteiger partial charge in [0.05, 0.1) is 34.7 Å². The number of aliphatic hydroxyl groups is 1. The fourth-order valence-electron chi connectivity index (χ4n) is 2.07. The third-order valence-electron chi connectivity index (χ3n) is 3.52. The van der Waals surface area contributed by atoms with Crippen LogP contribution in [0.4, 0.5) is 5.95 Å². The summed E-state index contributed by atoms with van der Waals surface area (Å²) in [6.45, 7) is 0. The van der Waals surface area contributed by atoms with E-state index in [1.54, 1.807) is 10.7 Å². The minimum atomic E-state index is 0.0648. The third-order valence-corrected chi connectivity index (χ3v) is 3.80. The van der Waals surface area contributed by atoms with Gasteiger partial charge in [0, 0.05) is 11.8 Å². The van der Waals surface area contributed by atoms with Crippen molar-refractivity contribution in [2.24, 2.45) is 0 Å². The van der Waals surface area contributed by atoms with Crippen molar-refractivity contribution >= 4 is 23.1 Å². The van der Waals surface area contributed by atoms with Gasteiger partial charge in [-0.1, -0.05) is 17.7 Å². The zero-order chi connectivity index (χ0) is 15.5. The van der Waals surface area contributed by atoms with Gasteiger partial charge in [0.2, 0.25) is 5.95 Å². The van der Waals surface area contributed by atoms with Gasteiger partial charge in [-0.25, -0.2) is 14.5 Å². The summed E-state index contributed by atoms with van der Waals surface area (Å²) in [7, 11) is 0. The summed E-state index contributed by atoms with van der Waals surface area (Å²) in [5, 5.41) is 13.1. The number of nitrogens with two attached hydrogens (primary N) is 1. The van der Waals surface area contributed by atoms with Crippen LogP contribution in [-0.2, 0) is 0 Å². The van der Waals surface area contributed by atoms with Crippen LogP contribution in [0, 0.1) is 0 Å². The van der Waals surface area contributed by atoms with E-state index in [0.29, 0.717) is 10.7 Å². The van der Waals surface area contributed by atoms with Crippen molar-refractivity contribution in [2.75, 3.05) is 5.73 Å². The van der Waals surface area contributed by atoms with E-state index >= 15 is 0 Å². The quantitative estimate of drug-likeness (QED) is 0.720. The lowest BCUT2D eigenvalue weighted by Crippen LogP contribution is -2.15. The molecule has 0 unspecified atom stereocenters. The van der Waals surface area contributed by atoms with Gasteiger partial charge in [-0.15, -0.1) is 0 Å². The Bertz CT molecular complexity index is 784. The Morgan fingerprint density at radius 2 is 2.05 bits per heavy atom. The number of nitrogen functional groups attached to an aromatic ring is 1. The molecule has 3 aromatic heterocycles. The monoisotopic (exact) mass is 317 g/mol.